The average Bonchev–Trinajstić information content (AvgIpc) is 2.30. The van der Waals surface area contributed by atoms with Gasteiger partial charge in [0.2, 0.25) is 5.52 Å². The number of quaternary nitrogens is 1. The molecule has 0 aliphatic carbocycles. The highest BCUT2D eigenvalue weighted by molar-refractivity contribution is 7.70. The molecule has 2 atom stereocenters. The van der Waals surface area contributed by atoms with Crippen LogP contribution < -0.4 is 0 Å². The molecule has 0 aliphatic heterocycles. The van der Waals surface area contributed by atoms with Crippen LogP contribution in [0.5, 0.6) is 0 Å². The van der Waals surface area contributed by atoms with E-state index in [2.05, 4.69) is 6.58 Å². The van der Waals surface area contributed by atoms with Crippen LogP contribution in [0.15, 0.2) is 12.7 Å². The zero-order chi connectivity index (χ0) is 15.1. The largest absolute Gasteiger partial charge is 0.460 e. The molecule has 7 heteroatoms. The number of nitrogens with zero attached hydrogens (tertiary/aromatic N) is 1. The quantitative estimate of drug-likeness (QED) is 0.223. The van der Waals surface area contributed by atoms with E-state index in [4.69, 9.17) is 9.47 Å². The molecule has 6 nitrogen and oxygen atoms in total. The third kappa shape index (κ3) is 8.83. The maximum atomic E-state index is 11.8. The second-order valence-electron chi connectivity index (χ2n) is 5.03. The average molecular weight is 292 g/mol. The molecule has 1 N–H and O–H groups in total. The minimum atomic E-state index is -1.84. The summed E-state index contributed by atoms with van der Waals surface area (Å²) in [6.45, 7) is 5.35. The highest BCUT2D eigenvalue weighted by Crippen LogP contribution is 2.38. The summed E-state index contributed by atoms with van der Waals surface area (Å²) in [7, 11) is 3.79. The van der Waals surface area contributed by atoms with E-state index in [-0.39, 0.29) is 25.3 Å². The number of carbonyl (C=O) groups is 2. The summed E-state index contributed by atoms with van der Waals surface area (Å²) in [5.41, 5.74) is -0.210. The summed E-state index contributed by atoms with van der Waals surface area (Å²) in [5.74, 6) is -1.10. The van der Waals surface area contributed by atoms with Crippen molar-refractivity contribution in [3.63, 3.8) is 0 Å². The summed E-state index contributed by atoms with van der Waals surface area (Å²) < 4.78 is 10.5. The van der Waals surface area contributed by atoms with Gasteiger partial charge in [-0.3, -0.25) is 4.79 Å². The van der Waals surface area contributed by atoms with E-state index < -0.39 is 20.0 Å². The summed E-state index contributed by atoms with van der Waals surface area (Å²) in [4.78, 5) is 32.4. The molecule has 0 rings (SSSR count). The van der Waals surface area contributed by atoms with E-state index in [0.29, 0.717) is 4.48 Å². The summed E-state index contributed by atoms with van der Waals surface area (Å²) in [5, 5.41) is 0. The SMILES string of the molecule is C=CC(=O)OCCOC(C)P(O)C(=O)C[N+](C)(C)C. The fourth-order valence-corrected chi connectivity index (χ4v) is 2.39. The van der Waals surface area contributed by atoms with Crippen molar-refractivity contribution in [1.29, 1.82) is 0 Å². The van der Waals surface area contributed by atoms with Crippen molar-refractivity contribution in [3.05, 3.63) is 12.7 Å². The zero-order valence-electron chi connectivity index (χ0n) is 12.0. The van der Waals surface area contributed by atoms with Crippen LogP contribution in [-0.2, 0) is 19.1 Å². The van der Waals surface area contributed by atoms with Crippen molar-refractivity contribution < 1.29 is 28.4 Å². The lowest BCUT2D eigenvalue weighted by molar-refractivity contribution is -0.861. The Balaban J connectivity index is 3.99. The first-order valence-electron chi connectivity index (χ1n) is 5.89. The summed E-state index contributed by atoms with van der Waals surface area (Å²) in [6.07, 6.45) is 1.06. The molecule has 0 aromatic heterocycles. The second kappa shape index (κ2) is 8.38. The Morgan fingerprint density at radius 3 is 2.42 bits per heavy atom. The Hall–Kier alpha value is -0.810. The Labute approximate surface area is 115 Å². The third-order valence-corrected chi connectivity index (χ3v) is 3.55. The van der Waals surface area contributed by atoms with Crippen molar-refractivity contribution >= 4 is 19.6 Å². The molecule has 0 aromatic carbocycles. The molecule has 0 radical (unpaired) electrons. The first kappa shape index (κ1) is 18.2. The van der Waals surface area contributed by atoms with Crippen LogP contribution in [0.1, 0.15) is 6.92 Å². The Morgan fingerprint density at radius 1 is 1.37 bits per heavy atom. The fourth-order valence-electron chi connectivity index (χ4n) is 1.17. The molecular weight excluding hydrogens is 269 g/mol. The van der Waals surface area contributed by atoms with Crippen LogP contribution >= 0.6 is 8.15 Å². The molecule has 0 spiro atoms. The van der Waals surface area contributed by atoms with Gasteiger partial charge in [0.1, 0.15) is 27.1 Å². The van der Waals surface area contributed by atoms with Crippen molar-refractivity contribution in [2.75, 3.05) is 40.9 Å². The molecule has 19 heavy (non-hydrogen) atoms. The van der Waals surface area contributed by atoms with E-state index in [1.165, 1.54) is 0 Å². The van der Waals surface area contributed by atoms with Gasteiger partial charge in [0.05, 0.1) is 27.7 Å². The van der Waals surface area contributed by atoms with Gasteiger partial charge in [0.25, 0.3) is 0 Å². The van der Waals surface area contributed by atoms with Gasteiger partial charge in [-0.15, -0.1) is 0 Å². The van der Waals surface area contributed by atoms with Gasteiger partial charge in [-0.25, -0.2) is 4.79 Å². The zero-order valence-corrected chi connectivity index (χ0v) is 12.9. The van der Waals surface area contributed by atoms with Crippen LogP contribution in [-0.4, -0.2) is 67.6 Å². The molecule has 0 aliphatic rings. The Bertz CT molecular complexity index is 327. The molecule has 0 saturated carbocycles. The van der Waals surface area contributed by atoms with E-state index in [0.717, 1.165) is 6.08 Å². The number of hydrogen-bond acceptors (Lipinski definition) is 5. The topological polar surface area (TPSA) is 72.8 Å². The van der Waals surface area contributed by atoms with E-state index in [1.54, 1.807) is 6.92 Å². The van der Waals surface area contributed by atoms with Crippen molar-refractivity contribution in [1.82, 2.24) is 0 Å². The van der Waals surface area contributed by atoms with Gasteiger partial charge >= 0.3 is 5.97 Å². The summed E-state index contributed by atoms with van der Waals surface area (Å²) >= 11 is 0. The highest BCUT2D eigenvalue weighted by atomic mass is 31.1. The number of likely N-dealkylation sites (N-methyl/N-ethyl adjacent to an activating group) is 1. The van der Waals surface area contributed by atoms with Gasteiger partial charge in [0, 0.05) is 6.08 Å². The molecule has 0 amide bonds. The van der Waals surface area contributed by atoms with Gasteiger partial charge in [-0.05, 0) is 6.92 Å². The minimum absolute atomic E-state index is 0.0713. The first-order valence-corrected chi connectivity index (χ1v) is 7.26. The molecule has 0 saturated heterocycles. The second-order valence-corrected chi connectivity index (χ2v) is 6.94. The number of esters is 1. The molecule has 2 unspecified atom stereocenters. The van der Waals surface area contributed by atoms with E-state index >= 15 is 0 Å². The lowest BCUT2D eigenvalue weighted by atomic mass is 10.5. The Kier molecular flexibility index (Phi) is 8.02. The maximum Gasteiger partial charge on any atom is 0.330 e. The monoisotopic (exact) mass is 292 g/mol. The van der Waals surface area contributed by atoms with Crippen molar-refractivity contribution in [2.24, 2.45) is 0 Å². The predicted octanol–water partition coefficient (Wildman–Crippen LogP) is 0.700. The van der Waals surface area contributed by atoms with Gasteiger partial charge < -0.3 is 18.9 Å². The lowest BCUT2D eigenvalue weighted by Gasteiger charge is -2.25. The van der Waals surface area contributed by atoms with Crippen molar-refractivity contribution in [2.45, 2.75) is 12.8 Å². The minimum Gasteiger partial charge on any atom is -0.460 e. The normalized spacial score (nSPS) is 14.6. The molecule has 0 aromatic rings. The Morgan fingerprint density at radius 2 is 1.95 bits per heavy atom. The van der Waals surface area contributed by atoms with Crippen LogP contribution in [0, 0.1) is 0 Å². The number of hydrogen-bond donors (Lipinski definition) is 1. The molecular formula is C12H23NO5P+. The number of ether oxygens (including phenoxy) is 2. The van der Waals surface area contributed by atoms with Gasteiger partial charge in [0.15, 0.2) is 0 Å². The maximum absolute atomic E-state index is 11.8. The lowest BCUT2D eigenvalue weighted by Crippen LogP contribution is -2.39. The molecule has 0 heterocycles. The number of rotatable bonds is 9. The van der Waals surface area contributed by atoms with Gasteiger partial charge in [-0.1, -0.05) is 6.58 Å². The smallest absolute Gasteiger partial charge is 0.330 e. The van der Waals surface area contributed by atoms with Crippen LogP contribution in [0.4, 0.5) is 0 Å². The predicted molar refractivity (Wildman–Crippen MR) is 73.6 cm³/mol. The van der Waals surface area contributed by atoms with E-state index in [9.17, 15) is 14.5 Å². The van der Waals surface area contributed by atoms with Gasteiger partial charge in [-0.2, -0.15) is 0 Å². The van der Waals surface area contributed by atoms with Crippen molar-refractivity contribution in [3.8, 4) is 0 Å². The first-order chi connectivity index (χ1) is 8.67. The molecule has 0 fully saturated rings. The van der Waals surface area contributed by atoms with Crippen LogP contribution in [0.3, 0.4) is 0 Å². The molecule has 110 valence electrons. The summed E-state index contributed by atoms with van der Waals surface area (Å²) in [6, 6.07) is 0. The number of carbonyl (C=O) groups excluding carboxylic acids is 2. The van der Waals surface area contributed by atoms with Crippen LogP contribution in [0.2, 0.25) is 0 Å². The van der Waals surface area contributed by atoms with E-state index in [1.807, 2.05) is 21.1 Å². The highest BCUT2D eigenvalue weighted by Gasteiger charge is 2.27. The fraction of sp³-hybridized carbons (Fsp3) is 0.667. The third-order valence-electron chi connectivity index (χ3n) is 2.06. The van der Waals surface area contributed by atoms with Crippen LogP contribution in [0.25, 0.3) is 0 Å². The standard InChI is InChI=1S/C12H23NO5P/c1-6-11(14)18-8-7-17-10(2)19(16)12(15)9-13(3,4)5/h6,10,16H,1,7-9H2,2-5H3/q+1. The molecule has 0 bridgehead atoms.